The number of hydrogen-bond acceptors (Lipinski definition) is 9. The summed E-state index contributed by atoms with van der Waals surface area (Å²) in [6.45, 7) is -0.0572. The summed E-state index contributed by atoms with van der Waals surface area (Å²) in [6, 6.07) is 1.54. The summed E-state index contributed by atoms with van der Waals surface area (Å²) in [5, 5.41) is 23.6. The van der Waals surface area contributed by atoms with Gasteiger partial charge in [0, 0.05) is 11.9 Å². The van der Waals surface area contributed by atoms with Crippen molar-refractivity contribution in [1.82, 2.24) is 9.55 Å². The van der Waals surface area contributed by atoms with Gasteiger partial charge in [0.2, 0.25) is 0 Å². The second-order valence-electron chi connectivity index (χ2n) is 3.30. The van der Waals surface area contributed by atoms with Gasteiger partial charge in [0.15, 0.2) is 0 Å². The number of aromatic nitrogens is 2. The number of aliphatic hydroxyl groups excluding tert-OH is 1. The van der Waals surface area contributed by atoms with E-state index < -0.39 is 10.8 Å². The molecule has 1 aromatic rings. The van der Waals surface area contributed by atoms with Crippen LogP contribution in [-0.2, 0) is 4.74 Å². The molecule has 1 aliphatic heterocycles. The number of anilines is 1. The molecule has 0 saturated carbocycles. The van der Waals surface area contributed by atoms with E-state index in [-0.39, 0.29) is 24.1 Å². The van der Waals surface area contributed by atoms with Crippen LogP contribution in [-0.4, -0.2) is 37.5 Å². The van der Waals surface area contributed by atoms with Crippen molar-refractivity contribution in [3.8, 4) is 0 Å². The predicted octanol–water partition coefficient (Wildman–Crippen LogP) is -0.833. The Labute approximate surface area is 110 Å². The zero-order valence-electron chi connectivity index (χ0n) is 9.54. The molecule has 0 aliphatic carbocycles. The van der Waals surface area contributed by atoms with Crippen molar-refractivity contribution in [2.45, 2.75) is 11.7 Å². The van der Waals surface area contributed by atoms with E-state index in [1.807, 2.05) is 0 Å². The molecular weight excluding hydrogens is 280 g/mol. The van der Waals surface area contributed by atoms with Crippen LogP contribution in [0.1, 0.15) is 6.23 Å². The lowest BCUT2D eigenvalue weighted by atomic mass is 10.5. The Bertz CT molecular complexity index is 490. The predicted molar refractivity (Wildman–Crippen MR) is 66.7 cm³/mol. The van der Waals surface area contributed by atoms with Crippen LogP contribution < -0.4 is 11.4 Å². The van der Waals surface area contributed by atoms with Gasteiger partial charge in [0.05, 0.1) is 11.7 Å². The molecule has 0 spiro atoms. The fraction of sp³-hybridized carbons (Fsp3) is 0.500. The van der Waals surface area contributed by atoms with E-state index in [1.54, 1.807) is 12.3 Å². The van der Waals surface area contributed by atoms with E-state index in [0.717, 1.165) is 0 Å². The first-order valence-corrected chi connectivity index (χ1v) is 6.03. The Morgan fingerprint density at radius 3 is 2.79 bits per heavy atom. The molecule has 0 radical (unpaired) electrons. The molecule has 1 aliphatic rings. The molecule has 11 heteroatoms. The van der Waals surface area contributed by atoms with E-state index in [1.165, 1.54) is 16.3 Å². The monoisotopic (exact) mass is 291 g/mol. The van der Waals surface area contributed by atoms with Gasteiger partial charge in [-0.3, -0.25) is 4.57 Å². The summed E-state index contributed by atoms with van der Waals surface area (Å²) in [5.74, 6) is 0.817. The maximum Gasteiger partial charge on any atom is 0.351 e. The van der Waals surface area contributed by atoms with Crippen LogP contribution in [0.25, 0.3) is 0 Å². The molecule has 0 amide bonds. The second kappa shape index (κ2) is 6.92. The zero-order valence-corrected chi connectivity index (χ0v) is 10.4. The van der Waals surface area contributed by atoms with Gasteiger partial charge in [-0.1, -0.05) is 0 Å². The number of nitrogens with zero attached hydrogens (tertiary/aromatic N) is 3. The van der Waals surface area contributed by atoms with Gasteiger partial charge in [-0.2, -0.15) is 4.98 Å². The van der Waals surface area contributed by atoms with Gasteiger partial charge < -0.3 is 30.9 Å². The molecule has 10 nitrogen and oxygen atoms in total. The van der Waals surface area contributed by atoms with Crippen LogP contribution in [0.4, 0.5) is 5.82 Å². The van der Waals surface area contributed by atoms with Crippen molar-refractivity contribution in [1.29, 1.82) is 0 Å². The first-order valence-electron chi connectivity index (χ1n) is 4.98. The van der Waals surface area contributed by atoms with E-state index in [9.17, 15) is 4.79 Å². The Morgan fingerprint density at radius 1 is 1.68 bits per heavy atom. The Morgan fingerprint density at radius 2 is 2.32 bits per heavy atom. The molecule has 2 atom stereocenters. The minimum Gasteiger partial charge on any atom is -0.393 e. The van der Waals surface area contributed by atoms with Gasteiger partial charge in [-0.05, 0) is 6.07 Å². The van der Waals surface area contributed by atoms with E-state index in [0.29, 0.717) is 5.75 Å². The number of ether oxygens (including phenoxy) is 1. The lowest BCUT2D eigenvalue weighted by Gasteiger charge is -2.13. The summed E-state index contributed by atoms with van der Waals surface area (Å²) in [7, 11) is 0. The highest BCUT2D eigenvalue weighted by atomic mass is 32.2. The van der Waals surface area contributed by atoms with Crippen LogP contribution in [0.2, 0.25) is 0 Å². The van der Waals surface area contributed by atoms with Gasteiger partial charge in [-0.15, -0.1) is 11.8 Å². The third-order valence-corrected chi connectivity index (χ3v) is 3.15. The van der Waals surface area contributed by atoms with Crippen LogP contribution >= 0.6 is 11.8 Å². The fourth-order valence-corrected chi connectivity index (χ4v) is 2.26. The smallest absolute Gasteiger partial charge is 0.351 e. The van der Waals surface area contributed by atoms with E-state index in [4.69, 9.17) is 30.9 Å². The van der Waals surface area contributed by atoms with Gasteiger partial charge in [0.1, 0.15) is 17.5 Å². The molecule has 106 valence electrons. The summed E-state index contributed by atoms with van der Waals surface area (Å²) in [4.78, 5) is 23.3. The Balaban J connectivity index is 0.000000399. The van der Waals surface area contributed by atoms with E-state index >= 15 is 0 Å². The minimum atomic E-state index is -1.75. The molecule has 1 fully saturated rings. The standard InChI is InChI=1S/C8H11N3O3S.NO3/c9-5-1-2-11(8(13)10-5)6-4-15-7(3-12)14-6;2-1(3)4/h1-2,6-7,12H,3-4H2,(H2,9,10,13);/q;-1/t6-,7+;/m0./s1. The fourth-order valence-electron chi connectivity index (χ4n) is 1.33. The normalized spacial score (nSPS) is 21.5. The maximum atomic E-state index is 11.4. The first kappa shape index (κ1) is 15.2. The summed E-state index contributed by atoms with van der Waals surface area (Å²) < 4.78 is 6.79. The van der Waals surface area contributed by atoms with Crippen LogP contribution in [0, 0.1) is 15.3 Å². The third-order valence-electron chi connectivity index (χ3n) is 2.04. The van der Waals surface area contributed by atoms with Crippen molar-refractivity contribution < 1.29 is 14.9 Å². The molecule has 0 aromatic carbocycles. The van der Waals surface area contributed by atoms with Crippen molar-refractivity contribution in [2.75, 3.05) is 18.1 Å². The van der Waals surface area contributed by atoms with Crippen molar-refractivity contribution in [2.24, 2.45) is 0 Å². The van der Waals surface area contributed by atoms with Gasteiger partial charge in [0.25, 0.3) is 0 Å². The molecule has 1 saturated heterocycles. The maximum absolute atomic E-state index is 11.4. The minimum absolute atomic E-state index is 0.0572. The highest BCUT2D eigenvalue weighted by molar-refractivity contribution is 8.00. The lowest BCUT2D eigenvalue weighted by molar-refractivity contribution is -0.402. The Hall–Kier alpha value is -1.85. The quantitative estimate of drug-likeness (QED) is 0.524. The number of rotatable bonds is 2. The van der Waals surface area contributed by atoms with Crippen molar-refractivity contribution >= 4 is 17.6 Å². The largest absolute Gasteiger partial charge is 0.393 e. The average Bonchev–Trinajstić information content (AvgIpc) is 2.76. The number of hydrogen-bond donors (Lipinski definition) is 2. The number of nitrogens with two attached hydrogens (primary N) is 1. The number of aliphatic hydroxyl groups is 1. The van der Waals surface area contributed by atoms with Gasteiger partial charge in [-0.25, -0.2) is 4.79 Å². The van der Waals surface area contributed by atoms with Crippen LogP contribution in [0.3, 0.4) is 0 Å². The number of thioether (sulfide) groups is 1. The summed E-state index contributed by atoms with van der Waals surface area (Å²) in [6.07, 6.45) is 1.18. The Kier molecular flexibility index (Phi) is 5.54. The molecular formula is C8H11N4O6S-. The van der Waals surface area contributed by atoms with Crippen LogP contribution in [0.15, 0.2) is 17.1 Å². The highest BCUT2D eigenvalue weighted by Gasteiger charge is 2.27. The zero-order chi connectivity index (χ0) is 14.4. The molecule has 0 unspecified atom stereocenters. The second-order valence-corrected chi connectivity index (χ2v) is 4.49. The topological polar surface area (TPSA) is 157 Å². The molecule has 1 aromatic heterocycles. The summed E-state index contributed by atoms with van der Waals surface area (Å²) in [5.41, 5.74) is 4.67. The molecule has 0 bridgehead atoms. The van der Waals surface area contributed by atoms with E-state index in [2.05, 4.69) is 4.98 Å². The third kappa shape index (κ3) is 4.73. The van der Waals surface area contributed by atoms with Crippen LogP contribution in [0.5, 0.6) is 0 Å². The van der Waals surface area contributed by atoms with Crippen molar-refractivity contribution in [3.63, 3.8) is 0 Å². The molecule has 19 heavy (non-hydrogen) atoms. The summed E-state index contributed by atoms with van der Waals surface area (Å²) >= 11 is 1.47. The highest BCUT2D eigenvalue weighted by Crippen LogP contribution is 2.30. The average molecular weight is 291 g/mol. The SMILES string of the molecule is Nc1ccn([C@@H]2CS[C@H](CO)O2)c(=O)n1.O=[N+]([O-])[O-]. The molecule has 3 N–H and O–H groups in total. The number of nitrogen functional groups attached to an aromatic ring is 1. The molecule has 2 rings (SSSR count). The van der Waals surface area contributed by atoms with Gasteiger partial charge >= 0.3 is 5.69 Å². The lowest BCUT2D eigenvalue weighted by Crippen LogP contribution is -2.28. The van der Waals surface area contributed by atoms with Crippen molar-refractivity contribution in [3.05, 3.63) is 38.1 Å². The molecule has 2 heterocycles. The first-order chi connectivity index (χ1) is 8.93.